The van der Waals surface area contributed by atoms with E-state index in [1.54, 1.807) is 5.56 Å². The number of hydrogen-bond acceptors (Lipinski definition) is 2. The largest absolute Gasteiger partial charge is 0.315 e. The molecule has 0 amide bonds. The fourth-order valence-corrected chi connectivity index (χ4v) is 3.98. The minimum atomic E-state index is 0.590. The Kier molecular flexibility index (Phi) is 3.55. The number of rotatable bonds is 3. The van der Waals surface area contributed by atoms with Crippen LogP contribution >= 0.6 is 11.3 Å². The number of hydrogen-bond donors (Lipinski definition) is 1. The van der Waals surface area contributed by atoms with E-state index in [0.717, 1.165) is 6.54 Å². The normalized spacial score (nSPS) is 11.6. The molecule has 0 unspecified atom stereocenters. The maximum atomic E-state index is 3.29. The lowest BCUT2D eigenvalue weighted by atomic mass is 9.95. The Morgan fingerprint density at radius 3 is 2.41 bits per heavy atom. The lowest BCUT2D eigenvalue weighted by Crippen LogP contribution is -2.06. The fourth-order valence-electron chi connectivity index (χ4n) is 2.47. The van der Waals surface area contributed by atoms with Crippen LogP contribution in [0.2, 0.25) is 0 Å². The van der Waals surface area contributed by atoms with Crippen LogP contribution in [0.5, 0.6) is 0 Å². The minimum Gasteiger partial charge on any atom is -0.315 e. The highest BCUT2D eigenvalue weighted by atomic mass is 32.1. The highest BCUT2D eigenvalue weighted by Crippen LogP contribution is 2.39. The minimum absolute atomic E-state index is 0.590. The van der Waals surface area contributed by atoms with E-state index >= 15 is 0 Å². The number of benzene rings is 1. The van der Waals surface area contributed by atoms with Gasteiger partial charge < -0.3 is 5.32 Å². The van der Waals surface area contributed by atoms with E-state index in [4.69, 9.17) is 0 Å². The zero-order valence-corrected chi connectivity index (χ0v) is 12.2. The van der Waals surface area contributed by atoms with Gasteiger partial charge >= 0.3 is 0 Å². The average Bonchev–Trinajstić information content (AvgIpc) is 2.64. The third-order valence-electron chi connectivity index (χ3n) is 3.27. The van der Waals surface area contributed by atoms with Gasteiger partial charge in [0.2, 0.25) is 0 Å². The van der Waals surface area contributed by atoms with Crippen molar-refractivity contribution in [2.24, 2.45) is 0 Å². The van der Waals surface area contributed by atoms with Crippen LogP contribution in [0.4, 0.5) is 0 Å². The molecule has 17 heavy (non-hydrogen) atoms. The molecule has 92 valence electrons. The van der Waals surface area contributed by atoms with Crippen LogP contribution in [0, 0.1) is 13.8 Å². The molecular weight excluding hydrogens is 226 g/mol. The van der Waals surface area contributed by atoms with Gasteiger partial charge in [0.05, 0.1) is 0 Å². The summed E-state index contributed by atoms with van der Waals surface area (Å²) in [6, 6.07) is 4.49. The highest BCUT2D eigenvalue weighted by molar-refractivity contribution is 7.19. The first kappa shape index (κ1) is 12.6. The Bertz CT molecular complexity index is 537. The van der Waals surface area contributed by atoms with Crippen molar-refractivity contribution in [1.29, 1.82) is 0 Å². The van der Waals surface area contributed by atoms with Crippen molar-refractivity contribution >= 4 is 21.4 Å². The topological polar surface area (TPSA) is 12.0 Å². The van der Waals surface area contributed by atoms with Gasteiger partial charge in [-0.2, -0.15) is 0 Å². The molecule has 1 aromatic heterocycles. The predicted octanol–water partition coefficient (Wildman–Crippen LogP) is 4.36. The van der Waals surface area contributed by atoms with Crippen molar-refractivity contribution in [3.8, 4) is 0 Å². The molecule has 0 aliphatic heterocycles. The Hall–Kier alpha value is -0.860. The number of aryl methyl sites for hydroxylation is 2. The van der Waals surface area contributed by atoms with Crippen LogP contribution in [-0.4, -0.2) is 7.05 Å². The molecule has 2 heteroatoms. The van der Waals surface area contributed by atoms with Gasteiger partial charge in [-0.3, -0.25) is 0 Å². The van der Waals surface area contributed by atoms with Gasteiger partial charge in [0, 0.05) is 16.1 Å². The van der Waals surface area contributed by atoms with Crippen LogP contribution in [0.25, 0.3) is 10.1 Å². The molecule has 0 spiro atoms. The smallest absolute Gasteiger partial charge is 0.0381 e. The molecule has 0 aliphatic carbocycles. The Morgan fingerprint density at radius 1 is 1.18 bits per heavy atom. The second-order valence-electron chi connectivity index (χ2n) is 5.03. The van der Waals surface area contributed by atoms with Gasteiger partial charge in [0.1, 0.15) is 0 Å². The molecule has 0 atom stereocenters. The summed E-state index contributed by atoms with van der Waals surface area (Å²) in [5.41, 5.74) is 4.35. The molecule has 2 rings (SSSR count). The van der Waals surface area contributed by atoms with Crippen molar-refractivity contribution < 1.29 is 0 Å². The predicted molar refractivity (Wildman–Crippen MR) is 78.2 cm³/mol. The quantitative estimate of drug-likeness (QED) is 0.849. The maximum absolute atomic E-state index is 3.29. The summed E-state index contributed by atoms with van der Waals surface area (Å²) < 4.78 is 1.47. The zero-order valence-electron chi connectivity index (χ0n) is 11.3. The first-order valence-electron chi connectivity index (χ1n) is 6.22. The molecule has 0 saturated heterocycles. The van der Waals surface area contributed by atoms with Gasteiger partial charge in [0.15, 0.2) is 0 Å². The monoisotopic (exact) mass is 247 g/mol. The van der Waals surface area contributed by atoms with E-state index in [-0.39, 0.29) is 0 Å². The Labute approximate surface area is 108 Å². The number of fused-ring (bicyclic) bond motifs is 1. The first-order chi connectivity index (χ1) is 8.06. The van der Waals surface area contributed by atoms with Gasteiger partial charge in [-0.1, -0.05) is 26.0 Å². The van der Waals surface area contributed by atoms with Crippen molar-refractivity contribution in [2.75, 3.05) is 7.05 Å². The summed E-state index contributed by atoms with van der Waals surface area (Å²) >= 11 is 1.96. The second kappa shape index (κ2) is 4.79. The van der Waals surface area contributed by atoms with E-state index < -0.39 is 0 Å². The summed E-state index contributed by atoms with van der Waals surface area (Å²) in [5, 5.41) is 4.79. The molecule has 0 radical (unpaired) electrons. The van der Waals surface area contributed by atoms with E-state index in [0.29, 0.717) is 5.92 Å². The van der Waals surface area contributed by atoms with Gasteiger partial charge in [-0.25, -0.2) is 0 Å². The van der Waals surface area contributed by atoms with Crippen LogP contribution in [0.1, 0.15) is 41.3 Å². The summed E-state index contributed by atoms with van der Waals surface area (Å²) in [5.74, 6) is 0.590. The van der Waals surface area contributed by atoms with Crippen molar-refractivity contribution in [2.45, 2.75) is 40.2 Å². The molecule has 0 saturated carbocycles. The third-order valence-corrected chi connectivity index (χ3v) is 4.61. The molecule has 1 aromatic carbocycles. The van der Waals surface area contributed by atoms with E-state index in [9.17, 15) is 0 Å². The van der Waals surface area contributed by atoms with E-state index in [1.165, 1.54) is 26.1 Å². The van der Waals surface area contributed by atoms with E-state index in [2.05, 4.69) is 45.1 Å². The van der Waals surface area contributed by atoms with Crippen LogP contribution in [0.3, 0.4) is 0 Å². The first-order valence-corrected chi connectivity index (χ1v) is 7.04. The Morgan fingerprint density at radius 2 is 1.82 bits per heavy atom. The summed E-state index contributed by atoms with van der Waals surface area (Å²) in [6.07, 6.45) is 0. The molecule has 1 heterocycles. The average molecular weight is 247 g/mol. The van der Waals surface area contributed by atoms with Crippen molar-refractivity contribution in [3.05, 3.63) is 33.7 Å². The molecule has 0 aliphatic rings. The fraction of sp³-hybridized carbons (Fsp3) is 0.467. The standard InChI is InChI=1S/C15H21NS/c1-9(2)13-12(8-16-5)17-15-11(4)7-6-10(3)14(13)15/h6-7,9,16H,8H2,1-5H3. The van der Waals surface area contributed by atoms with Crippen molar-refractivity contribution in [1.82, 2.24) is 5.32 Å². The number of thiophene rings is 1. The second-order valence-corrected chi connectivity index (χ2v) is 6.13. The lowest BCUT2D eigenvalue weighted by Gasteiger charge is -2.09. The van der Waals surface area contributed by atoms with Gasteiger partial charge in [-0.15, -0.1) is 11.3 Å². The van der Waals surface area contributed by atoms with Gasteiger partial charge in [0.25, 0.3) is 0 Å². The summed E-state index contributed by atoms with van der Waals surface area (Å²) in [7, 11) is 2.02. The zero-order chi connectivity index (χ0) is 12.6. The highest BCUT2D eigenvalue weighted by Gasteiger charge is 2.17. The van der Waals surface area contributed by atoms with Crippen LogP contribution in [0.15, 0.2) is 12.1 Å². The molecule has 1 N–H and O–H groups in total. The SMILES string of the molecule is CNCc1sc2c(C)ccc(C)c2c1C(C)C. The lowest BCUT2D eigenvalue weighted by molar-refractivity contribution is 0.795. The molecule has 1 nitrogen and oxygen atoms in total. The van der Waals surface area contributed by atoms with Gasteiger partial charge in [-0.05, 0) is 48.9 Å². The molecular formula is C15H21NS. The molecule has 0 bridgehead atoms. The summed E-state index contributed by atoms with van der Waals surface area (Å²) in [4.78, 5) is 1.50. The van der Waals surface area contributed by atoms with Crippen molar-refractivity contribution in [3.63, 3.8) is 0 Å². The molecule has 2 aromatic rings. The van der Waals surface area contributed by atoms with Crippen LogP contribution < -0.4 is 5.32 Å². The van der Waals surface area contributed by atoms with Crippen LogP contribution in [-0.2, 0) is 6.54 Å². The third kappa shape index (κ3) is 2.12. The summed E-state index contributed by atoms with van der Waals surface area (Å²) in [6.45, 7) is 10.0. The maximum Gasteiger partial charge on any atom is 0.0381 e. The Balaban J connectivity index is 2.80. The molecule has 0 fully saturated rings. The number of nitrogens with one attached hydrogen (secondary N) is 1. The van der Waals surface area contributed by atoms with E-state index in [1.807, 2.05) is 18.4 Å².